The number of nitrogens with one attached hydrogen (secondary N) is 6. The predicted octanol–water partition coefficient (Wildman–Crippen LogP) is 2.15. The molecule has 0 aromatic heterocycles. The summed E-state index contributed by atoms with van der Waals surface area (Å²) in [5.74, 6) is -0.971. The minimum Gasteiger partial charge on any atom is -0.465 e. The van der Waals surface area contributed by atoms with Gasteiger partial charge in [0.15, 0.2) is 6.29 Å². The normalized spacial score (nSPS) is 21.8. The molecule has 29 heteroatoms. The molecule has 1 aliphatic heterocycles. The first kappa shape index (κ1) is 63.5. The van der Waals surface area contributed by atoms with Gasteiger partial charge in [0.2, 0.25) is 12.2 Å². The molecule has 0 spiro atoms. The number of nitro groups is 2. The number of aliphatic hydroxyl groups is 4. The molecule has 29 nitrogen and oxygen atoms in total. The van der Waals surface area contributed by atoms with Crippen molar-refractivity contribution < 1.29 is 92.1 Å². The minimum absolute atomic E-state index is 0.0428. The standard InChI is InChI=1S/C49H72N8O21/c1-27(50-8)37(60)43(71-22-21-58)76-39-34(53-41(62)36(59)19-20-51-45(64)77-48(2,3)4)23-35(55-47(66)78-49(5,6)7)40(38(39)61)75-42-33(54-46(65)73-26-29-11-15-31(16-12-29)57(69)70)18-17-32(74-42)24-52-44(63)72-25-28-9-13-30(14-10-28)56(67)68/h9-17,27,33-40,42-43,50,58-61H,18-26H2,1-8H3,(H,51,64)(H,52,63)(H,53,62)(H,54,65)(H,55,66)/t27-,33+,34+,35-,36-,37+,38+,39-,40+,42+,43+/m0/s1. The van der Waals surface area contributed by atoms with Crippen LogP contribution in [0.1, 0.15) is 78.9 Å². The van der Waals surface area contributed by atoms with Crippen molar-refractivity contribution in [2.45, 2.75) is 159 Å². The predicted molar refractivity (Wildman–Crippen MR) is 271 cm³/mol. The van der Waals surface area contributed by atoms with Crippen molar-refractivity contribution in [1.82, 2.24) is 31.9 Å². The van der Waals surface area contributed by atoms with Crippen molar-refractivity contribution in [3.05, 3.63) is 91.7 Å². The summed E-state index contributed by atoms with van der Waals surface area (Å²) < 4.78 is 46.2. The third-order valence-corrected chi connectivity index (χ3v) is 11.5. The molecule has 0 unspecified atom stereocenters. The Morgan fingerprint density at radius 2 is 1.29 bits per heavy atom. The van der Waals surface area contributed by atoms with Gasteiger partial charge in [0.05, 0.1) is 47.7 Å². The summed E-state index contributed by atoms with van der Waals surface area (Å²) in [6.07, 6.45) is -14.9. The Balaban J connectivity index is 1.69. The van der Waals surface area contributed by atoms with Crippen molar-refractivity contribution in [3.63, 3.8) is 0 Å². The van der Waals surface area contributed by atoms with Gasteiger partial charge in [-0.1, -0.05) is 0 Å². The SMILES string of the molecule is CN[C@@H](C)[C@@H](O)[C@H](OCCO)O[C@@H]1[C@@H](O)[C@H](O[C@H]2OC(CNC(=O)OCc3ccc([N+](=O)[O-])cc3)=CC[C@H]2NC(=O)OCc2ccc([N+](=O)[O-])cc2)[C@@H](NC(=O)OC(C)(C)C)C[C@H]1NC(=O)[C@@H](O)CCNC(=O)OC(C)(C)C. The smallest absolute Gasteiger partial charge is 0.407 e. The molecule has 4 rings (SSSR count). The van der Waals surface area contributed by atoms with Gasteiger partial charge < -0.3 is 90.2 Å². The average molecular weight is 1110 g/mol. The van der Waals surface area contributed by atoms with Crippen LogP contribution in [0.25, 0.3) is 0 Å². The lowest BCUT2D eigenvalue weighted by atomic mass is 9.83. The monoisotopic (exact) mass is 1110 g/mol. The lowest BCUT2D eigenvalue weighted by Crippen LogP contribution is -2.68. The molecule has 0 radical (unpaired) electrons. The minimum atomic E-state index is -1.97. The van der Waals surface area contributed by atoms with E-state index >= 15 is 0 Å². The second-order valence-electron chi connectivity index (χ2n) is 20.1. The van der Waals surface area contributed by atoms with Gasteiger partial charge in [-0.05, 0) is 116 Å². The maximum atomic E-state index is 13.8. The lowest BCUT2D eigenvalue weighted by Gasteiger charge is -2.47. The molecular weight excluding hydrogens is 1040 g/mol. The number of aliphatic hydroxyl groups excluding tert-OH is 4. The Labute approximate surface area is 449 Å². The summed E-state index contributed by atoms with van der Waals surface area (Å²) >= 11 is 0. The van der Waals surface area contributed by atoms with Crippen molar-refractivity contribution in [3.8, 4) is 0 Å². The molecule has 0 bridgehead atoms. The molecule has 1 saturated carbocycles. The van der Waals surface area contributed by atoms with Crippen LogP contribution in [0, 0.1) is 20.2 Å². The van der Waals surface area contributed by atoms with Crippen LogP contribution in [0.5, 0.6) is 0 Å². The van der Waals surface area contributed by atoms with E-state index in [0.29, 0.717) is 11.1 Å². The van der Waals surface area contributed by atoms with Crippen LogP contribution in [0.4, 0.5) is 30.6 Å². The first-order valence-electron chi connectivity index (χ1n) is 24.8. The van der Waals surface area contributed by atoms with Crippen molar-refractivity contribution in [1.29, 1.82) is 0 Å². The number of carbonyl (C=O) groups excluding carboxylic acids is 5. The highest BCUT2D eigenvalue weighted by Crippen LogP contribution is 2.32. The fourth-order valence-electron chi connectivity index (χ4n) is 7.58. The van der Waals surface area contributed by atoms with Gasteiger partial charge in [-0.3, -0.25) is 25.0 Å². The zero-order chi connectivity index (χ0) is 57.9. The van der Waals surface area contributed by atoms with E-state index < -0.39 is 125 Å². The largest absolute Gasteiger partial charge is 0.465 e. The van der Waals surface area contributed by atoms with E-state index in [9.17, 15) is 64.6 Å². The van der Waals surface area contributed by atoms with Gasteiger partial charge in [0, 0.05) is 36.9 Å². The Kier molecular flexibility index (Phi) is 24.2. The van der Waals surface area contributed by atoms with Gasteiger partial charge in [-0.2, -0.15) is 0 Å². The van der Waals surface area contributed by atoms with E-state index in [1.54, 1.807) is 48.5 Å². The number of non-ortho nitro benzene ring substituents is 2. The quantitative estimate of drug-likeness (QED) is 0.0295. The first-order chi connectivity index (χ1) is 36.7. The Morgan fingerprint density at radius 1 is 0.756 bits per heavy atom. The molecule has 434 valence electrons. The summed E-state index contributed by atoms with van der Waals surface area (Å²) in [7, 11) is 1.54. The molecule has 11 atom stereocenters. The maximum Gasteiger partial charge on any atom is 0.407 e. The number of amides is 5. The summed E-state index contributed by atoms with van der Waals surface area (Å²) in [6.45, 7) is 9.24. The van der Waals surface area contributed by atoms with E-state index in [1.807, 2.05) is 0 Å². The molecular formula is C49H72N8O21. The number of benzene rings is 2. The molecule has 1 heterocycles. The Morgan fingerprint density at radius 3 is 1.83 bits per heavy atom. The van der Waals surface area contributed by atoms with Crippen molar-refractivity contribution >= 4 is 41.7 Å². The molecule has 2 aromatic carbocycles. The molecule has 2 aromatic rings. The first-order valence-corrected chi connectivity index (χ1v) is 24.8. The number of nitro benzene ring substituents is 2. The third kappa shape index (κ3) is 21.1. The van der Waals surface area contributed by atoms with Gasteiger partial charge in [0.1, 0.15) is 60.7 Å². The van der Waals surface area contributed by atoms with E-state index in [2.05, 4.69) is 31.9 Å². The van der Waals surface area contributed by atoms with Crippen molar-refractivity contribution in [2.24, 2.45) is 0 Å². The number of ether oxygens (including phenoxy) is 8. The lowest BCUT2D eigenvalue weighted by molar-refractivity contribution is -0.385. The topological polar surface area (TPSA) is 399 Å². The highest BCUT2D eigenvalue weighted by Gasteiger charge is 2.51. The van der Waals surface area contributed by atoms with Crippen LogP contribution >= 0.6 is 0 Å². The number of carbonyl (C=O) groups is 5. The van der Waals surface area contributed by atoms with Gasteiger partial charge in [-0.15, -0.1) is 0 Å². The molecule has 1 aliphatic carbocycles. The van der Waals surface area contributed by atoms with E-state index in [4.69, 9.17) is 37.9 Å². The molecule has 0 saturated heterocycles. The van der Waals surface area contributed by atoms with Crippen molar-refractivity contribution in [2.75, 3.05) is 33.4 Å². The third-order valence-electron chi connectivity index (χ3n) is 11.5. The van der Waals surface area contributed by atoms with Gasteiger partial charge >= 0.3 is 24.4 Å². The van der Waals surface area contributed by atoms with Crippen LogP contribution in [0.3, 0.4) is 0 Å². The number of likely N-dealkylation sites (N-methyl/N-ethyl adjacent to an activating group) is 1. The molecule has 1 fully saturated rings. The maximum absolute atomic E-state index is 13.8. The molecule has 78 heavy (non-hydrogen) atoms. The van der Waals surface area contributed by atoms with E-state index in [-0.39, 0.29) is 69.3 Å². The zero-order valence-electron chi connectivity index (χ0n) is 44.5. The van der Waals surface area contributed by atoms with Crippen LogP contribution in [-0.2, 0) is 55.9 Å². The summed E-state index contributed by atoms with van der Waals surface area (Å²) in [6, 6.07) is 5.89. The number of nitrogens with zero attached hydrogens (tertiary/aromatic N) is 2. The van der Waals surface area contributed by atoms with E-state index in [1.165, 1.54) is 61.7 Å². The fraction of sp³-hybridized carbons (Fsp3) is 0.612. The highest BCUT2D eigenvalue weighted by atomic mass is 16.7. The average Bonchev–Trinajstić information content (AvgIpc) is 3.45. The summed E-state index contributed by atoms with van der Waals surface area (Å²) in [4.78, 5) is 87.0. The number of alkyl carbamates (subject to hydrolysis) is 4. The Bertz CT molecular complexity index is 2350. The molecule has 2 aliphatic rings. The Hall–Kier alpha value is -6.99. The number of hydrogen-bond acceptors (Lipinski definition) is 22. The highest BCUT2D eigenvalue weighted by molar-refractivity contribution is 5.81. The fourth-order valence-corrected chi connectivity index (χ4v) is 7.58. The molecule has 10 N–H and O–H groups in total. The molecule has 5 amide bonds. The van der Waals surface area contributed by atoms with Crippen LogP contribution in [0.2, 0.25) is 0 Å². The van der Waals surface area contributed by atoms with E-state index in [0.717, 1.165) is 0 Å². The second kappa shape index (κ2) is 29.7. The summed E-state index contributed by atoms with van der Waals surface area (Å²) in [5.41, 5.74) is -1.42. The van der Waals surface area contributed by atoms with Crippen LogP contribution < -0.4 is 31.9 Å². The second-order valence-corrected chi connectivity index (χ2v) is 20.1. The number of rotatable bonds is 25. The van der Waals surface area contributed by atoms with Crippen LogP contribution in [0.15, 0.2) is 60.4 Å². The summed E-state index contributed by atoms with van der Waals surface area (Å²) in [5, 5.41) is 82.7. The number of hydrogen-bond donors (Lipinski definition) is 10. The van der Waals surface area contributed by atoms with Crippen LogP contribution in [-0.4, -0.2) is 172 Å². The van der Waals surface area contributed by atoms with Gasteiger partial charge in [-0.25, -0.2) is 19.2 Å². The van der Waals surface area contributed by atoms with Gasteiger partial charge in [0.25, 0.3) is 11.4 Å². The zero-order valence-corrected chi connectivity index (χ0v) is 44.5.